The van der Waals surface area contributed by atoms with E-state index in [9.17, 15) is 4.79 Å². The van der Waals surface area contributed by atoms with E-state index in [4.69, 9.17) is 15.6 Å². The lowest BCUT2D eigenvalue weighted by Gasteiger charge is -2.06. The van der Waals surface area contributed by atoms with Crippen LogP contribution in [-0.2, 0) is 11.8 Å². The van der Waals surface area contributed by atoms with E-state index in [1.807, 2.05) is 13.7 Å². The maximum absolute atomic E-state index is 12.2. The average molecular weight is 326 g/mol. The number of hydrogen-bond donors (Lipinski definition) is 2. The lowest BCUT2D eigenvalue weighted by Crippen LogP contribution is -2.26. The molecule has 0 bridgehead atoms. The number of aromatic nitrogens is 2. The molecule has 0 radical (unpaired) electrons. The second kappa shape index (κ2) is 9.54. The molecule has 0 aliphatic rings. The summed E-state index contributed by atoms with van der Waals surface area (Å²) in [6, 6.07) is 1.75. The van der Waals surface area contributed by atoms with Crippen LogP contribution in [0.5, 0.6) is 0 Å². The van der Waals surface area contributed by atoms with Gasteiger partial charge in [-0.2, -0.15) is 0 Å². The summed E-state index contributed by atoms with van der Waals surface area (Å²) in [5, 5.41) is 5.69. The minimum Gasteiger partial charge on any atom is -0.471 e. The molecule has 0 unspecified atom stereocenters. The monoisotopic (exact) mass is 326 g/mol. The molecule has 2 heterocycles. The Balaban J connectivity index is 0.00000139. The highest BCUT2D eigenvalue weighted by Crippen LogP contribution is 2.15. The van der Waals surface area contributed by atoms with Gasteiger partial charge in [-0.05, 0) is 18.9 Å². The van der Waals surface area contributed by atoms with Crippen molar-refractivity contribution < 1.29 is 14.0 Å². The van der Waals surface area contributed by atoms with Crippen LogP contribution in [0.15, 0.2) is 23.0 Å². The zero-order valence-electron chi connectivity index (χ0n) is 13.5. The van der Waals surface area contributed by atoms with Crippen LogP contribution >= 0.6 is 0 Å². The molecule has 2 aromatic rings. The van der Waals surface area contributed by atoms with E-state index in [2.05, 4.69) is 33.4 Å². The average Bonchev–Trinajstić information content (AvgIpc) is 3.21. The van der Waals surface area contributed by atoms with Crippen LogP contribution in [-0.4, -0.2) is 35.3 Å². The summed E-state index contributed by atoms with van der Waals surface area (Å²) in [6.45, 7) is 4.65. The van der Waals surface area contributed by atoms with Gasteiger partial charge in [0, 0.05) is 13.6 Å². The van der Waals surface area contributed by atoms with Gasteiger partial charge in [0.1, 0.15) is 13.1 Å². The Hall–Kier alpha value is -3.45. The van der Waals surface area contributed by atoms with E-state index in [1.165, 1.54) is 6.26 Å². The number of amides is 1. The number of furan rings is 1. The van der Waals surface area contributed by atoms with Crippen molar-refractivity contribution in [2.45, 2.75) is 6.92 Å². The summed E-state index contributed by atoms with van der Waals surface area (Å²) < 4.78 is 6.59. The summed E-state index contributed by atoms with van der Waals surface area (Å²) in [4.78, 5) is 24.5. The number of carbonyl (C=O) groups excluding carboxylic acids is 2. The van der Waals surface area contributed by atoms with Crippen molar-refractivity contribution in [3.05, 3.63) is 35.7 Å². The van der Waals surface area contributed by atoms with Crippen LogP contribution in [0, 0.1) is 24.2 Å². The lowest BCUT2D eigenvalue weighted by atomic mass is 10.3. The van der Waals surface area contributed by atoms with Crippen molar-refractivity contribution in [3.63, 3.8) is 0 Å². The minimum atomic E-state index is -0.228. The van der Waals surface area contributed by atoms with Gasteiger partial charge in [0.25, 0.3) is 5.91 Å². The second-order valence-electron chi connectivity index (χ2n) is 4.37. The smallest absolute Gasteiger partial charge is 0.271 e. The Kier molecular flexibility index (Phi) is 7.40. The maximum Gasteiger partial charge on any atom is 0.271 e. The highest BCUT2D eigenvalue weighted by molar-refractivity contribution is 5.97. The number of carbonyl (C=O) groups is 2. The predicted octanol–water partition coefficient (Wildman–Crippen LogP) is 1.02. The normalized spacial score (nSPS) is 8.88. The first-order valence-electron chi connectivity index (χ1n) is 7.02. The maximum atomic E-state index is 12.2. The largest absolute Gasteiger partial charge is 0.471 e. The molecule has 124 valence electrons. The van der Waals surface area contributed by atoms with Crippen molar-refractivity contribution in [1.82, 2.24) is 14.9 Å². The second-order valence-corrected chi connectivity index (χ2v) is 4.37. The lowest BCUT2D eigenvalue weighted by molar-refractivity contribution is -0.0980. The third kappa shape index (κ3) is 4.52. The van der Waals surface area contributed by atoms with E-state index in [0.29, 0.717) is 23.9 Å². The van der Waals surface area contributed by atoms with Gasteiger partial charge >= 0.3 is 0 Å². The van der Waals surface area contributed by atoms with Crippen molar-refractivity contribution in [2.24, 2.45) is 7.05 Å². The molecule has 1 amide bonds. The van der Waals surface area contributed by atoms with Gasteiger partial charge in [-0.3, -0.25) is 4.79 Å². The first kappa shape index (κ1) is 18.6. The number of terminal acetylenes is 1. The van der Waals surface area contributed by atoms with Crippen LogP contribution in [0.4, 0.5) is 5.82 Å². The van der Waals surface area contributed by atoms with Crippen molar-refractivity contribution in [3.8, 4) is 24.2 Å². The fraction of sp³-hybridized carbons (Fsp3) is 0.235. The van der Waals surface area contributed by atoms with E-state index in [-0.39, 0.29) is 12.5 Å². The molecule has 2 N–H and O–H groups in total. The number of imidazole rings is 1. The molecule has 2 rings (SSSR count). The van der Waals surface area contributed by atoms with Crippen LogP contribution in [0.25, 0.3) is 0 Å². The first-order chi connectivity index (χ1) is 11.7. The molecule has 24 heavy (non-hydrogen) atoms. The SMILES string of the molecule is C#CCNc1nc(C#Cc2ccoc2)n(C)c1C(=O)NCC.C=O. The first-order valence-corrected chi connectivity index (χ1v) is 7.02. The third-order valence-corrected chi connectivity index (χ3v) is 2.85. The van der Waals surface area contributed by atoms with E-state index in [1.54, 1.807) is 23.9 Å². The fourth-order valence-electron chi connectivity index (χ4n) is 1.84. The number of rotatable bonds is 4. The van der Waals surface area contributed by atoms with Crippen LogP contribution < -0.4 is 10.6 Å². The molecule has 2 aromatic heterocycles. The number of nitrogens with one attached hydrogen (secondary N) is 2. The van der Waals surface area contributed by atoms with Gasteiger partial charge in [0.05, 0.1) is 18.4 Å². The van der Waals surface area contributed by atoms with Crippen LogP contribution in [0.1, 0.15) is 28.8 Å². The van der Waals surface area contributed by atoms with Gasteiger partial charge in [-0.1, -0.05) is 11.8 Å². The molecule has 0 atom stereocenters. The topological polar surface area (TPSA) is 89.2 Å². The molecule has 0 spiro atoms. The summed E-state index contributed by atoms with van der Waals surface area (Å²) >= 11 is 0. The highest BCUT2D eigenvalue weighted by atomic mass is 16.3. The zero-order chi connectivity index (χ0) is 17.9. The van der Waals surface area contributed by atoms with Gasteiger partial charge in [0.2, 0.25) is 0 Å². The molecule has 0 aliphatic carbocycles. The Morgan fingerprint density at radius 2 is 2.21 bits per heavy atom. The molecule has 0 aromatic carbocycles. The molecule has 7 nitrogen and oxygen atoms in total. The zero-order valence-corrected chi connectivity index (χ0v) is 13.5. The standard InChI is InChI=1S/C16H16N4O2.CH2O/c1-4-9-18-15-14(16(21)17-5-2)20(3)13(19-15)7-6-12-8-10-22-11-12;1-2/h1,8,10-11,18H,5,9H2,2-3H3,(H,17,21);1H2. The molecular weight excluding hydrogens is 308 g/mol. The quantitative estimate of drug-likeness (QED) is 0.819. The summed E-state index contributed by atoms with van der Waals surface area (Å²) in [5.74, 6) is 8.95. The summed E-state index contributed by atoms with van der Waals surface area (Å²) in [6.07, 6.45) is 8.33. The van der Waals surface area contributed by atoms with Crippen molar-refractivity contribution in [1.29, 1.82) is 0 Å². The van der Waals surface area contributed by atoms with E-state index >= 15 is 0 Å². The molecule has 7 heteroatoms. The van der Waals surface area contributed by atoms with Gasteiger partial charge < -0.3 is 24.4 Å². The Labute approximate surface area is 140 Å². The Morgan fingerprint density at radius 3 is 2.79 bits per heavy atom. The minimum absolute atomic E-state index is 0.228. The van der Waals surface area contributed by atoms with Gasteiger partial charge in [0.15, 0.2) is 17.3 Å². The molecule has 0 fully saturated rings. The Bertz CT molecular complexity index is 773. The third-order valence-electron chi connectivity index (χ3n) is 2.85. The summed E-state index contributed by atoms with van der Waals surface area (Å²) in [5.41, 5.74) is 1.13. The van der Waals surface area contributed by atoms with E-state index in [0.717, 1.165) is 5.56 Å². The molecule has 0 aliphatic heterocycles. The number of anilines is 1. The highest BCUT2D eigenvalue weighted by Gasteiger charge is 2.19. The molecular formula is C17H18N4O3. The van der Waals surface area contributed by atoms with Crippen molar-refractivity contribution in [2.75, 3.05) is 18.4 Å². The fourth-order valence-corrected chi connectivity index (χ4v) is 1.84. The summed E-state index contributed by atoms with van der Waals surface area (Å²) in [7, 11) is 1.73. The van der Waals surface area contributed by atoms with Crippen molar-refractivity contribution >= 4 is 18.5 Å². The van der Waals surface area contributed by atoms with Crippen LogP contribution in [0.2, 0.25) is 0 Å². The predicted molar refractivity (Wildman–Crippen MR) is 90.3 cm³/mol. The van der Waals surface area contributed by atoms with Gasteiger partial charge in [-0.25, -0.2) is 4.98 Å². The Morgan fingerprint density at radius 1 is 1.46 bits per heavy atom. The molecule has 0 saturated carbocycles. The van der Waals surface area contributed by atoms with E-state index < -0.39 is 0 Å². The molecule has 0 saturated heterocycles. The van der Waals surface area contributed by atoms with Crippen LogP contribution in [0.3, 0.4) is 0 Å². The number of nitrogens with zero attached hydrogens (tertiary/aromatic N) is 2. The number of hydrogen-bond acceptors (Lipinski definition) is 5. The van der Waals surface area contributed by atoms with Gasteiger partial charge in [-0.15, -0.1) is 6.42 Å².